The summed E-state index contributed by atoms with van der Waals surface area (Å²) in [6, 6.07) is 23.8. The van der Waals surface area contributed by atoms with Crippen LogP contribution in [0.4, 0.5) is 11.4 Å². The lowest BCUT2D eigenvalue weighted by Crippen LogP contribution is -2.20. The Hall–Kier alpha value is -4.46. The third-order valence-electron chi connectivity index (χ3n) is 4.88. The molecule has 0 atom stereocenters. The van der Waals surface area contributed by atoms with E-state index in [9.17, 15) is 9.59 Å². The van der Waals surface area contributed by atoms with Crippen LogP contribution in [0.2, 0.25) is 0 Å². The first-order valence-corrected chi connectivity index (χ1v) is 10.4. The monoisotopic (exact) mass is 441 g/mol. The Balaban J connectivity index is 1.39. The van der Waals surface area contributed by atoms with Gasteiger partial charge in [0.15, 0.2) is 12.3 Å². The Morgan fingerprint density at radius 2 is 1.64 bits per heavy atom. The van der Waals surface area contributed by atoms with Gasteiger partial charge in [0.25, 0.3) is 11.8 Å². The van der Waals surface area contributed by atoms with Crippen molar-refractivity contribution < 1.29 is 14.3 Å². The van der Waals surface area contributed by atoms with Crippen molar-refractivity contribution in [1.82, 2.24) is 15.0 Å². The zero-order valence-electron chi connectivity index (χ0n) is 18.3. The van der Waals surface area contributed by atoms with E-state index < -0.39 is 0 Å². The smallest absolute Gasteiger partial charge is 0.278 e. The van der Waals surface area contributed by atoms with E-state index in [1.54, 1.807) is 48.0 Å². The maximum atomic E-state index is 12.8. The average Bonchev–Trinajstić information content (AvgIpc) is 3.20. The van der Waals surface area contributed by atoms with Gasteiger partial charge in [-0.1, -0.05) is 41.6 Å². The number of carbonyl (C=O) groups excluding carboxylic acids is 2. The first kappa shape index (κ1) is 21.8. The van der Waals surface area contributed by atoms with Crippen LogP contribution >= 0.6 is 0 Å². The molecule has 0 fully saturated rings. The number of nitrogens with zero attached hydrogens (tertiary/aromatic N) is 3. The van der Waals surface area contributed by atoms with E-state index in [1.165, 1.54) is 0 Å². The van der Waals surface area contributed by atoms with Gasteiger partial charge in [-0.25, -0.2) is 4.68 Å². The van der Waals surface area contributed by atoms with Gasteiger partial charge in [0.2, 0.25) is 0 Å². The van der Waals surface area contributed by atoms with E-state index in [-0.39, 0.29) is 24.1 Å². The zero-order chi connectivity index (χ0) is 23.2. The minimum absolute atomic E-state index is 0.157. The molecular weight excluding hydrogens is 418 g/mol. The van der Waals surface area contributed by atoms with Crippen LogP contribution in [0, 0.1) is 13.8 Å². The van der Waals surface area contributed by atoms with Crippen molar-refractivity contribution in [3.8, 4) is 11.4 Å². The summed E-state index contributed by atoms with van der Waals surface area (Å²) in [7, 11) is 0. The lowest BCUT2D eigenvalue weighted by Gasteiger charge is -2.09. The van der Waals surface area contributed by atoms with Crippen molar-refractivity contribution in [2.24, 2.45) is 0 Å². The summed E-state index contributed by atoms with van der Waals surface area (Å²) in [6.07, 6.45) is 0. The maximum absolute atomic E-state index is 12.8. The minimum atomic E-state index is -0.384. The highest BCUT2D eigenvalue weighted by Gasteiger charge is 2.18. The van der Waals surface area contributed by atoms with Gasteiger partial charge in [0.05, 0.1) is 11.4 Å². The van der Waals surface area contributed by atoms with E-state index in [1.807, 2.05) is 49.4 Å². The van der Waals surface area contributed by atoms with Crippen molar-refractivity contribution in [3.05, 3.63) is 95.8 Å². The maximum Gasteiger partial charge on any atom is 0.278 e. The topological polar surface area (TPSA) is 98.1 Å². The van der Waals surface area contributed by atoms with Gasteiger partial charge in [-0.15, -0.1) is 5.10 Å². The second-order valence-electron chi connectivity index (χ2n) is 7.46. The van der Waals surface area contributed by atoms with Crippen LogP contribution in [0.3, 0.4) is 0 Å². The Labute approximate surface area is 191 Å². The summed E-state index contributed by atoms with van der Waals surface area (Å²) >= 11 is 0. The summed E-state index contributed by atoms with van der Waals surface area (Å²) in [5.74, 6) is -0.208. The number of ether oxygens (including phenoxy) is 1. The molecule has 0 aliphatic rings. The number of carbonyl (C=O) groups is 2. The lowest BCUT2D eigenvalue weighted by molar-refractivity contribution is -0.118. The first-order chi connectivity index (χ1) is 16.0. The summed E-state index contributed by atoms with van der Waals surface area (Å²) in [5.41, 5.74) is 3.99. The highest BCUT2D eigenvalue weighted by atomic mass is 16.5. The number of para-hydroxylation sites is 1. The predicted octanol–water partition coefficient (Wildman–Crippen LogP) is 4.15. The van der Waals surface area contributed by atoms with E-state index in [0.717, 1.165) is 11.3 Å². The van der Waals surface area contributed by atoms with E-state index in [0.29, 0.717) is 22.8 Å². The molecule has 0 aliphatic heterocycles. The number of rotatable bonds is 7. The molecule has 4 aromatic rings. The number of hydrogen-bond donors (Lipinski definition) is 2. The number of anilines is 2. The SMILES string of the molecule is Cc1cccc(-n2nnc(C(=O)Nc3cccc(OCC(=O)Nc4ccccc4)c3)c2C)c1. The largest absolute Gasteiger partial charge is 0.484 e. The van der Waals surface area contributed by atoms with Gasteiger partial charge in [-0.05, 0) is 55.8 Å². The molecule has 8 nitrogen and oxygen atoms in total. The van der Waals surface area contributed by atoms with Crippen molar-refractivity contribution in [2.45, 2.75) is 13.8 Å². The number of aromatic nitrogens is 3. The molecule has 0 unspecified atom stereocenters. The van der Waals surface area contributed by atoms with Crippen molar-refractivity contribution >= 4 is 23.2 Å². The molecule has 0 spiro atoms. The third-order valence-corrected chi connectivity index (χ3v) is 4.88. The molecule has 33 heavy (non-hydrogen) atoms. The van der Waals surface area contributed by atoms with Crippen molar-refractivity contribution in [1.29, 1.82) is 0 Å². The predicted molar refractivity (Wildman–Crippen MR) is 126 cm³/mol. The van der Waals surface area contributed by atoms with Crippen LogP contribution in [0.15, 0.2) is 78.9 Å². The average molecular weight is 441 g/mol. The third kappa shape index (κ3) is 5.43. The van der Waals surface area contributed by atoms with Crippen LogP contribution < -0.4 is 15.4 Å². The van der Waals surface area contributed by atoms with Crippen LogP contribution in [0.25, 0.3) is 5.69 Å². The van der Waals surface area contributed by atoms with Crippen LogP contribution in [0.1, 0.15) is 21.7 Å². The zero-order valence-corrected chi connectivity index (χ0v) is 18.3. The molecular formula is C25H23N5O3. The molecule has 4 rings (SSSR count). The molecule has 0 bridgehead atoms. The Morgan fingerprint density at radius 1 is 0.879 bits per heavy atom. The van der Waals surface area contributed by atoms with E-state index >= 15 is 0 Å². The minimum Gasteiger partial charge on any atom is -0.484 e. The number of nitrogens with one attached hydrogen (secondary N) is 2. The van der Waals surface area contributed by atoms with Crippen molar-refractivity contribution in [2.75, 3.05) is 17.2 Å². The van der Waals surface area contributed by atoms with Crippen molar-refractivity contribution in [3.63, 3.8) is 0 Å². The van der Waals surface area contributed by atoms with Gasteiger partial charge < -0.3 is 15.4 Å². The van der Waals surface area contributed by atoms with Gasteiger partial charge in [-0.2, -0.15) is 0 Å². The Bertz CT molecular complexity index is 1280. The Morgan fingerprint density at radius 3 is 2.42 bits per heavy atom. The van der Waals surface area contributed by atoms with Gasteiger partial charge in [0.1, 0.15) is 5.75 Å². The number of benzene rings is 3. The van der Waals surface area contributed by atoms with Crippen LogP contribution in [-0.2, 0) is 4.79 Å². The van der Waals surface area contributed by atoms with Crippen LogP contribution in [0.5, 0.6) is 5.75 Å². The second kappa shape index (κ2) is 9.78. The molecule has 0 radical (unpaired) electrons. The molecule has 3 aromatic carbocycles. The molecule has 0 saturated carbocycles. The molecule has 2 amide bonds. The lowest BCUT2D eigenvalue weighted by atomic mass is 10.2. The number of hydrogen-bond acceptors (Lipinski definition) is 5. The fraction of sp³-hybridized carbons (Fsp3) is 0.120. The van der Waals surface area contributed by atoms with Gasteiger partial charge in [0, 0.05) is 17.4 Å². The quantitative estimate of drug-likeness (QED) is 0.449. The summed E-state index contributed by atoms with van der Waals surface area (Å²) in [6.45, 7) is 3.63. The highest BCUT2D eigenvalue weighted by molar-refractivity contribution is 6.03. The van der Waals surface area contributed by atoms with Crippen LogP contribution in [-0.4, -0.2) is 33.4 Å². The van der Waals surface area contributed by atoms with Gasteiger partial charge >= 0.3 is 0 Å². The highest BCUT2D eigenvalue weighted by Crippen LogP contribution is 2.19. The molecule has 0 saturated heterocycles. The Kier molecular flexibility index (Phi) is 6.45. The summed E-state index contributed by atoms with van der Waals surface area (Å²) in [4.78, 5) is 24.9. The van der Waals surface area contributed by atoms with E-state index in [4.69, 9.17) is 4.74 Å². The number of aryl methyl sites for hydroxylation is 1. The molecule has 2 N–H and O–H groups in total. The number of amides is 2. The van der Waals surface area contributed by atoms with Gasteiger partial charge in [-0.3, -0.25) is 9.59 Å². The summed E-state index contributed by atoms with van der Waals surface area (Å²) < 4.78 is 7.20. The fourth-order valence-electron chi connectivity index (χ4n) is 3.27. The standard InChI is InChI=1S/C25H23N5O3/c1-17-8-6-12-21(14-17)30-18(2)24(28-29-30)25(32)27-20-11-7-13-22(15-20)33-16-23(31)26-19-9-4-3-5-10-19/h3-15H,16H2,1-2H3,(H,26,31)(H,27,32). The normalized spacial score (nSPS) is 10.5. The molecule has 0 aliphatic carbocycles. The molecule has 1 aromatic heterocycles. The fourth-order valence-corrected chi connectivity index (χ4v) is 3.27. The summed E-state index contributed by atoms with van der Waals surface area (Å²) in [5, 5.41) is 13.7. The molecule has 8 heteroatoms. The second-order valence-corrected chi connectivity index (χ2v) is 7.46. The molecule has 166 valence electrons. The first-order valence-electron chi connectivity index (χ1n) is 10.4. The molecule has 1 heterocycles. The van der Waals surface area contributed by atoms with E-state index in [2.05, 4.69) is 20.9 Å².